The van der Waals surface area contributed by atoms with Crippen molar-refractivity contribution in [2.45, 2.75) is 13.8 Å². The van der Waals surface area contributed by atoms with Crippen molar-refractivity contribution in [3.8, 4) is 0 Å². The number of amides is 1. The molecule has 0 saturated carbocycles. The molecule has 0 aliphatic carbocycles. The van der Waals surface area contributed by atoms with Gasteiger partial charge in [-0.1, -0.05) is 23.8 Å². The molecule has 0 atom stereocenters. The lowest BCUT2D eigenvalue weighted by Crippen LogP contribution is -2.38. The van der Waals surface area contributed by atoms with Crippen molar-refractivity contribution in [1.29, 1.82) is 0 Å². The third-order valence-corrected chi connectivity index (χ3v) is 4.65. The summed E-state index contributed by atoms with van der Waals surface area (Å²) >= 11 is 1.46. The first kappa shape index (κ1) is 14.4. The van der Waals surface area contributed by atoms with Crippen molar-refractivity contribution in [2.24, 2.45) is 4.99 Å². The fourth-order valence-corrected chi connectivity index (χ4v) is 3.37. The van der Waals surface area contributed by atoms with E-state index < -0.39 is 0 Å². The van der Waals surface area contributed by atoms with E-state index in [4.69, 9.17) is 4.74 Å². The molecule has 0 radical (unpaired) electrons. The molecule has 1 aromatic rings. The van der Waals surface area contributed by atoms with E-state index in [1.807, 2.05) is 6.08 Å². The van der Waals surface area contributed by atoms with Crippen molar-refractivity contribution in [2.75, 3.05) is 26.3 Å². The SMILES string of the molecule is Cc1ccc(C=C2SC(N3CCOCC3)=NC2=O)c(C)c1. The predicted octanol–water partition coefficient (Wildman–Crippen LogP) is 2.61. The number of aryl methyl sites for hydroxylation is 2. The van der Waals surface area contributed by atoms with Gasteiger partial charge < -0.3 is 9.64 Å². The summed E-state index contributed by atoms with van der Waals surface area (Å²) in [4.78, 5) is 19.1. The van der Waals surface area contributed by atoms with Crippen molar-refractivity contribution in [3.63, 3.8) is 0 Å². The zero-order valence-corrected chi connectivity index (χ0v) is 13.1. The second-order valence-corrected chi connectivity index (χ2v) is 6.28. The molecule has 1 aromatic carbocycles. The molecule has 5 heteroatoms. The Hall–Kier alpha value is -1.59. The lowest BCUT2D eigenvalue weighted by molar-refractivity contribution is -0.113. The summed E-state index contributed by atoms with van der Waals surface area (Å²) < 4.78 is 5.33. The fourth-order valence-electron chi connectivity index (χ4n) is 2.42. The number of benzene rings is 1. The highest BCUT2D eigenvalue weighted by Gasteiger charge is 2.27. The number of hydrogen-bond donors (Lipinski definition) is 0. The Morgan fingerprint density at radius 3 is 2.76 bits per heavy atom. The maximum absolute atomic E-state index is 12.1. The van der Waals surface area contributed by atoms with Gasteiger partial charge in [0.1, 0.15) is 0 Å². The summed E-state index contributed by atoms with van der Waals surface area (Å²) in [5.74, 6) is -0.138. The quantitative estimate of drug-likeness (QED) is 0.748. The molecule has 3 rings (SSSR count). The summed E-state index contributed by atoms with van der Waals surface area (Å²) in [5.41, 5.74) is 3.48. The molecule has 4 nitrogen and oxygen atoms in total. The van der Waals surface area contributed by atoms with E-state index in [2.05, 4.69) is 41.9 Å². The van der Waals surface area contributed by atoms with Gasteiger partial charge in [-0.15, -0.1) is 0 Å². The van der Waals surface area contributed by atoms with E-state index in [1.54, 1.807) is 0 Å². The zero-order valence-electron chi connectivity index (χ0n) is 12.3. The molecular weight excluding hydrogens is 284 g/mol. The minimum Gasteiger partial charge on any atom is -0.378 e. The molecule has 21 heavy (non-hydrogen) atoms. The van der Waals surface area contributed by atoms with Crippen LogP contribution in [0, 0.1) is 13.8 Å². The number of hydrogen-bond acceptors (Lipinski definition) is 4. The number of ether oxygens (including phenoxy) is 1. The smallest absolute Gasteiger partial charge is 0.286 e. The van der Waals surface area contributed by atoms with Crippen LogP contribution >= 0.6 is 11.8 Å². The second-order valence-electron chi connectivity index (χ2n) is 5.27. The Morgan fingerprint density at radius 1 is 1.29 bits per heavy atom. The van der Waals surface area contributed by atoms with Crippen LogP contribution in [0.4, 0.5) is 0 Å². The van der Waals surface area contributed by atoms with Crippen LogP contribution in [-0.4, -0.2) is 42.3 Å². The van der Waals surface area contributed by atoms with Crippen molar-refractivity contribution < 1.29 is 9.53 Å². The molecule has 2 aliphatic rings. The summed E-state index contributed by atoms with van der Waals surface area (Å²) in [7, 11) is 0. The van der Waals surface area contributed by atoms with Crippen LogP contribution in [0.1, 0.15) is 16.7 Å². The van der Waals surface area contributed by atoms with Crippen LogP contribution in [0.5, 0.6) is 0 Å². The maximum Gasteiger partial charge on any atom is 0.286 e. The Morgan fingerprint density at radius 2 is 2.05 bits per heavy atom. The number of rotatable bonds is 1. The molecule has 1 saturated heterocycles. The van der Waals surface area contributed by atoms with Crippen molar-refractivity contribution >= 4 is 28.9 Å². The largest absolute Gasteiger partial charge is 0.378 e. The molecule has 1 amide bonds. The van der Waals surface area contributed by atoms with Crippen LogP contribution < -0.4 is 0 Å². The lowest BCUT2D eigenvalue weighted by atomic mass is 10.1. The molecule has 2 aliphatic heterocycles. The molecule has 0 spiro atoms. The van der Waals surface area contributed by atoms with E-state index in [1.165, 1.54) is 22.9 Å². The van der Waals surface area contributed by atoms with E-state index in [0.717, 1.165) is 23.8 Å². The van der Waals surface area contributed by atoms with Crippen molar-refractivity contribution in [3.05, 3.63) is 39.8 Å². The monoisotopic (exact) mass is 302 g/mol. The number of morpholine rings is 1. The van der Waals surface area contributed by atoms with Crippen molar-refractivity contribution in [1.82, 2.24) is 4.90 Å². The van der Waals surface area contributed by atoms with Gasteiger partial charge >= 0.3 is 0 Å². The summed E-state index contributed by atoms with van der Waals surface area (Å²) in [6.07, 6.45) is 1.94. The molecule has 0 unspecified atom stereocenters. The standard InChI is InChI=1S/C16H18N2O2S/c1-11-3-4-13(12(2)9-11)10-14-15(19)17-16(21-14)18-5-7-20-8-6-18/h3-4,9-10H,5-8H2,1-2H3. The van der Waals surface area contributed by atoms with E-state index in [0.29, 0.717) is 18.1 Å². The van der Waals surface area contributed by atoms with Gasteiger partial charge in [0.25, 0.3) is 5.91 Å². The summed E-state index contributed by atoms with van der Waals surface area (Å²) in [6.45, 7) is 7.13. The molecule has 110 valence electrons. The Kier molecular flexibility index (Phi) is 4.12. The average Bonchev–Trinajstić information content (AvgIpc) is 2.84. The van der Waals surface area contributed by atoms with Gasteiger partial charge in [0, 0.05) is 13.1 Å². The topological polar surface area (TPSA) is 41.9 Å². The molecule has 2 heterocycles. The van der Waals surface area contributed by atoms with Crippen LogP contribution in [0.15, 0.2) is 28.1 Å². The predicted molar refractivity (Wildman–Crippen MR) is 86.3 cm³/mol. The van der Waals surface area contributed by atoms with Crippen LogP contribution in [0.3, 0.4) is 0 Å². The summed E-state index contributed by atoms with van der Waals surface area (Å²) in [5, 5.41) is 0.805. The molecule has 0 bridgehead atoms. The first-order valence-corrected chi connectivity index (χ1v) is 7.87. The van der Waals surface area contributed by atoms with Gasteiger partial charge in [0.05, 0.1) is 18.1 Å². The highest BCUT2D eigenvalue weighted by atomic mass is 32.2. The van der Waals surface area contributed by atoms with Gasteiger partial charge in [-0.25, -0.2) is 0 Å². The van der Waals surface area contributed by atoms with Gasteiger partial charge in [0.15, 0.2) is 5.17 Å². The Labute approximate surface area is 128 Å². The molecule has 0 aromatic heterocycles. The first-order chi connectivity index (χ1) is 10.1. The summed E-state index contributed by atoms with van der Waals surface area (Å²) in [6, 6.07) is 6.24. The van der Waals surface area contributed by atoms with Gasteiger partial charge in [0.2, 0.25) is 0 Å². The van der Waals surface area contributed by atoms with E-state index in [-0.39, 0.29) is 5.91 Å². The van der Waals surface area contributed by atoms with Crippen LogP contribution in [-0.2, 0) is 9.53 Å². The van der Waals surface area contributed by atoms with E-state index >= 15 is 0 Å². The normalized spacial score (nSPS) is 21.0. The highest BCUT2D eigenvalue weighted by molar-refractivity contribution is 8.18. The third-order valence-electron chi connectivity index (χ3n) is 3.60. The highest BCUT2D eigenvalue weighted by Crippen LogP contribution is 2.31. The van der Waals surface area contributed by atoms with Gasteiger partial charge in [-0.2, -0.15) is 4.99 Å². The zero-order chi connectivity index (χ0) is 14.8. The number of amidine groups is 1. The second kappa shape index (κ2) is 6.03. The molecule has 0 N–H and O–H groups in total. The third kappa shape index (κ3) is 3.19. The van der Waals surface area contributed by atoms with Crippen LogP contribution in [0.25, 0.3) is 6.08 Å². The lowest BCUT2D eigenvalue weighted by Gasteiger charge is -2.27. The molecule has 1 fully saturated rings. The Bertz CT molecular complexity index is 631. The minimum atomic E-state index is -0.138. The number of nitrogens with zero attached hydrogens (tertiary/aromatic N) is 2. The minimum absolute atomic E-state index is 0.138. The van der Waals surface area contributed by atoms with E-state index in [9.17, 15) is 4.79 Å². The van der Waals surface area contributed by atoms with Gasteiger partial charge in [-0.3, -0.25) is 4.79 Å². The number of aliphatic imine (C=N–C) groups is 1. The van der Waals surface area contributed by atoms with Crippen LogP contribution in [0.2, 0.25) is 0 Å². The Balaban J connectivity index is 1.79. The van der Waals surface area contributed by atoms with Gasteiger partial charge in [-0.05, 0) is 42.8 Å². The number of thioether (sulfide) groups is 1. The number of carbonyl (C=O) groups excluding carboxylic acids is 1. The first-order valence-electron chi connectivity index (χ1n) is 7.06. The fraction of sp³-hybridized carbons (Fsp3) is 0.375. The molecular formula is C16H18N2O2S. The number of carbonyl (C=O) groups is 1. The average molecular weight is 302 g/mol. The maximum atomic E-state index is 12.1.